The summed E-state index contributed by atoms with van der Waals surface area (Å²) in [6.45, 7) is 6.66. The third-order valence-corrected chi connectivity index (χ3v) is 3.59. The molecule has 0 aliphatic carbocycles. The van der Waals surface area contributed by atoms with Crippen molar-refractivity contribution in [2.45, 2.75) is 45.4 Å². The largest absolute Gasteiger partial charge is 0.481 e. The van der Waals surface area contributed by atoms with Gasteiger partial charge < -0.3 is 10.8 Å². The lowest BCUT2D eigenvalue weighted by molar-refractivity contribution is -0.143. The molecule has 0 fully saturated rings. The van der Waals surface area contributed by atoms with Gasteiger partial charge in [-0.2, -0.15) is 0 Å². The quantitative estimate of drug-likeness (QED) is 0.795. The summed E-state index contributed by atoms with van der Waals surface area (Å²) in [4.78, 5) is 11.5. The van der Waals surface area contributed by atoms with Crippen LogP contribution in [0.1, 0.15) is 44.7 Å². The summed E-state index contributed by atoms with van der Waals surface area (Å²) in [6, 6.07) is 7.97. The number of carboxylic acid groups (broad SMARTS) is 1. The fourth-order valence-corrected chi connectivity index (χ4v) is 2.31. The monoisotopic (exact) mass is 263 g/mol. The Morgan fingerprint density at radius 2 is 1.89 bits per heavy atom. The van der Waals surface area contributed by atoms with Gasteiger partial charge in [0.1, 0.15) is 0 Å². The van der Waals surface area contributed by atoms with Crippen LogP contribution in [0.4, 0.5) is 0 Å². The lowest BCUT2D eigenvalue weighted by atomic mass is 9.78. The summed E-state index contributed by atoms with van der Waals surface area (Å²) in [7, 11) is 0. The molecule has 106 valence electrons. The van der Waals surface area contributed by atoms with Crippen molar-refractivity contribution in [3.05, 3.63) is 35.4 Å². The molecule has 1 atom stereocenters. The van der Waals surface area contributed by atoms with Crippen molar-refractivity contribution in [3.8, 4) is 0 Å². The van der Waals surface area contributed by atoms with Crippen LogP contribution in [0.25, 0.3) is 0 Å². The van der Waals surface area contributed by atoms with Crippen LogP contribution in [-0.4, -0.2) is 17.6 Å². The first-order valence-electron chi connectivity index (χ1n) is 6.93. The van der Waals surface area contributed by atoms with Crippen LogP contribution in [0, 0.1) is 5.92 Å². The summed E-state index contributed by atoms with van der Waals surface area (Å²) >= 11 is 0. The Hall–Kier alpha value is -1.35. The Morgan fingerprint density at radius 3 is 2.32 bits per heavy atom. The maximum absolute atomic E-state index is 11.5. The number of nitrogens with two attached hydrogens (primary N) is 1. The van der Waals surface area contributed by atoms with Crippen LogP contribution in [0.15, 0.2) is 24.3 Å². The third-order valence-electron chi connectivity index (χ3n) is 3.59. The van der Waals surface area contributed by atoms with E-state index in [1.807, 2.05) is 24.3 Å². The molecule has 3 nitrogen and oxygen atoms in total. The summed E-state index contributed by atoms with van der Waals surface area (Å²) in [5, 5.41) is 9.49. The van der Waals surface area contributed by atoms with Crippen LogP contribution >= 0.6 is 0 Å². The molecule has 0 radical (unpaired) electrons. The van der Waals surface area contributed by atoms with Crippen molar-refractivity contribution in [2.24, 2.45) is 11.7 Å². The summed E-state index contributed by atoms with van der Waals surface area (Å²) in [5.41, 5.74) is 6.78. The molecule has 0 saturated carbocycles. The highest BCUT2D eigenvalue weighted by Crippen LogP contribution is 2.29. The molecule has 0 amide bonds. The predicted octanol–water partition coefficient (Wildman–Crippen LogP) is 2.97. The fraction of sp³-hybridized carbons (Fsp3) is 0.562. The average molecular weight is 263 g/mol. The zero-order valence-corrected chi connectivity index (χ0v) is 12.1. The van der Waals surface area contributed by atoms with Gasteiger partial charge >= 0.3 is 5.97 Å². The van der Waals surface area contributed by atoms with Gasteiger partial charge in [0.15, 0.2) is 0 Å². The van der Waals surface area contributed by atoms with E-state index in [0.717, 1.165) is 18.4 Å². The Balaban J connectivity index is 2.94. The molecule has 0 bridgehead atoms. The van der Waals surface area contributed by atoms with E-state index < -0.39 is 11.4 Å². The van der Waals surface area contributed by atoms with E-state index in [1.165, 1.54) is 5.56 Å². The van der Waals surface area contributed by atoms with E-state index in [1.54, 1.807) is 6.92 Å². The molecule has 1 aromatic rings. The van der Waals surface area contributed by atoms with Crippen molar-refractivity contribution >= 4 is 5.97 Å². The number of aliphatic carboxylic acids is 1. The SMILES string of the molecule is CC(C)Cc1ccc(C(C)(CCCN)C(=O)O)cc1. The van der Waals surface area contributed by atoms with Crippen LogP contribution < -0.4 is 5.73 Å². The Labute approximate surface area is 115 Å². The van der Waals surface area contributed by atoms with E-state index in [9.17, 15) is 9.90 Å². The zero-order chi connectivity index (χ0) is 14.5. The van der Waals surface area contributed by atoms with Crippen molar-refractivity contribution in [1.29, 1.82) is 0 Å². The first kappa shape index (κ1) is 15.7. The molecular weight excluding hydrogens is 238 g/mol. The second-order valence-corrected chi connectivity index (χ2v) is 5.82. The Morgan fingerprint density at radius 1 is 1.32 bits per heavy atom. The number of carbonyl (C=O) groups is 1. The molecule has 0 heterocycles. The van der Waals surface area contributed by atoms with Gasteiger partial charge in [-0.05, 0) is 49.8 Å². The lowest BCUT2D eigenvalue weighted by Crippen LogP contribution is -2.33. The minimum Gasteiger partial charge on any atom is -0.481 e. The summed E-state index contributed by atoms with van der Waals surface area (Å²) in [6.07, 6.45) is 2.31. The minimum atomic E-state index is -0.838. The van der Waals surface area contributed by atoms with Crippen molar-refractivity contribution < 1.29 is 9.90 Å². The highest BCUT2D eigenvalue weighted by atomic mass is 16.4. The normalized spacial score (nSPS) is 14.4. The lowest BCUT2D eigenvalue weighted by Gasteiger charge is -2.25. The highest BCUT2D eigenvalue weighted by Gasteiger charge is 2.34. The fourth-order valence-electron chi connectivity index (χ4n) is 2.31. The number of benzene rings is 1. The van der Waals surface area contributed by atoms with Gasteiger partial charge in [0, 0.05) is 0 Å². The van der Waals surface area contributed by atoms with Gasteiger partial charge in [-0.1, -0.05) is 38.1 Å². The van der Waals surface area contributed by atoms with Crippen LogP contribution in [0.2, 0.25) is 0 Å². The van der Waals surface area contributed by atoms with Crippen molar-refractivity contribution in [2.75, 3.05) is 6.54 Å². The van der Waals surface area contributed by atoms with Gasteiger partial charge in [0.05, 0.1) is 5.41 Å². The maximum atomic E-state index is 11.5. The predicted molar refractivity (Wildman–Crippen MR) is 78.3 cm³/mol. The van der Waals surface area contributed by atoms with Gasteiger partial charge in [-0.25, -0.2) is 0 Å². The smallest absolute Gasteiger partial charge is 0.313 e. The van der Waals surface area contributed by atoms with E-state index in [0.29, 0.717) is 18.9 Å². The topological polar surface area (TPSA) is 63.3 Å². The average Bonchev–Trinajstić information content (AvgIpc) is 2.35. The minimum absolute atomic E-state index is 0.522. The van der Waals surface area contributed by atoms with Gasteiger partial charge in [-0.3, -0.25) is 4.79 Å². The standard InChI is InChI=1S/C16H25NO2/c1-12(2)11-13-5-7-14(8-6-13)16(3,15(18)19)9-4-10-17/h5-8,12H,4,9-11,17H2,1-3H3,(H,18,19). The van der Waals surface area contributed by atoms with Crippen LogP contribution in [0.3, 0.4) is 0 Å². The molecule has 19 heavy (non-hydrogen) atoms. The molecule has 1 unspecified atom stereocenters. The second kappa shape index (κ2) is 6.71. The van der Waals surface area contributed by atoms with Crippen molar-refractivity contribution in [1.82, 2.24) is 0 Å². The number of carboxylic acids is 1. The van der Waals surface area contributed by atoms with Crippen LogP contribution in [-0.2, 0) is 16.6 Å². The zero-order valence-electron chi connectivity index (χ0n) is 12.1. The highest BCUT2D eigenvalue weighted by molar-refractivity contribution is 5.80. The first-order chi connectivity index (χ1) is 8.90. The molecule has 1 rings (SSSR count). The molecule has 0 aliphatic heterocycles. The number of hydrogen-bond donors (Lipinski definition) is 2. The molecule has 0 spiro atoms. The summed E-state index contributed by atoms with van der Waals surface area (Å²) in [5.74, 6) is -0.175. The van der Waals surface area contributed by atoms with E-state index in [4.69, 9.17) is 5.73 Å². The number of hydrogen-bond acceptors (Lipinski definition) is 2. The molecule has 3 heteroatoms. The Kier molecular flexibility index (Phi) is 5.55. The molecule has 1 aromatic carbocycles. The van der Waals surface area contributed by atoms with E-state index >= 15 is 0 Å². The summed E-state index contributed by atoms with van der Waals surface area (Å²) < 4.78 is 0. The van der Waals surface area contributed by atoms with E-state index in [-0.39, 0.29) is 0 Å². The Bertz CT molecular complexity index is 411. The van der Waals surface area contributed by atoms with Gasteiger partial charge in [0.25, 0.3) is 0 Å². The molecule has 0 aliphatic rings. The molecule has 0 aromatic heterocycles. The van der Waals surface area contributed by atoms with Gasteiger partial charge in [-0.15, -0.1) is 0 Å². The molecule has 0 saturated heterocycles. The third kappa shape index (κ3) is 4.06. The first-order valence-corrected chi connectivity index (χ1v) is 6.93. The second-order valence-electron chi connectivity index (χ2n) is 5.82. The number of rotatable bonds is 7. The molecular formula is C16H25NO2. The molecule has 3 N–H and O–H groups in total. The van der Waals surface area contributed by atoms with Crippen molar-refractivity contribution in [3.63, 3.8) is 0 Å². The van der Waals surface area contributed by atoms with Crippen LogP contribution in [0.5, 0.6) is 0 Å². The maximum Gasteiger partial charge on any atom is 0.313 e. The van der Waals surface area contributed by atoms with Gasteiger partial charge in [0.2, 0.25) is 0 Å². The van der Waals surface area contributed by atoms with E-state index in [2.05, 4.69) is 13.8 Å².